The van der Waals surface area contributed by atoms with Crippen LogP contribution in [0.3, 0.4) is 0 Å². The number of aliphatic hydroxyl groups excluding tert-OH is 3. The molecule has 5 N–H and O–H groups in total. The molecule has 1 aliphatic carbocycles. The van der Waals surface area contributed by atoms with Crippen molar-refractivity contribution < 1.29 is 30.0 Å². The molecule has 0 bridgehead atoms. The van der Waals surface area contributed by atoms with Gasteiger partial charge in [-0.25, -0.2) is 4.79 Å². The van der Waals surface area contributed by atoms with Crippen LogP contribution in [-0.4, -0.2) is 56.8 Å². The lowest BCUT2D eigenvalue weighted by atomic mass is 9.85. The molecule has 0 saturated heterocycles. The van der Waals surface area contributed by atoms with Crippen molar-refractivity contribution in [2.24, 2.45) is 11.8 Å². The Bertz CT molecular complexity index is 925. The number of aromatic amines is 1. The number of ether oxygens (including phenoxy) is 1. The van der Waals surface area contributed by atoms with Crippen LogP contribution in [0.4, 0.5) is 0 Å². The van der Waals surface area contributed by atoms with Crippen molar-refractivity contribution >= 4 is 17.3 Å². The minimum Gasteiger partial charge on any atom is -0.495 e. The zero-order valence-electron chi connectivity index (χ0n) is 17.2. The molecule has 1 fully saturated rings. The highest BCUT2D eigenvalue weighted by molar-refractivity contribution is 7.13. The van der Waals surface area contributed by atoms with E-state index in [4.69, 9.17) is 9.84 Å². The van der Waals surface area contributed by atoms with Gasteiger partial charge in [-0.3, -0.25) is 9.78 Å². The number of hydrogen-bond donors (Lipinski definition) is 5. The average Bonchev–Trinajstić information content (AvgIpc) is 3.28. The van der Waals surface area contributed by atoms with Crippen molar-refractivity contribution in [2.45, 2.75) is 50.7 Å². The van der Waals surface area contributed by atoms with E-state index in [1.165, 1.54) is 23.5 Å². The number of aryl methyl sites for hydroxylation is 2. The Kier molecular flexibility index (Phi) is 8.25. The molecule has 0 amide bonds. The van der Waals surface area contributed by atoms with Gasteiger partial charge in [0.25, 0.3) is 5.56 Å². The quantitative estimate of drug-likeness (QED) is 0.346. The van der Waals surface area contributed by atoms with Gasteiger partial charge in [-0.2, -0.15) is 0 Å². The second kappa shape index (κ2) is 10.9. The Balaban J connectivity index is 1.52. The largest absolute Gasteiger partial charge is 0.495 e. The summed E-state index contributed by atoms with van der Waals surface area (Å²) < 4.78 is 4.92. The molecule has 1 aliphatic rings. The van der Waals surface area contributed by atoms with E-state index in [1.807, 2.05) is 6.07 Å². The van der Waals surface area contributed by atoms with E-state index >= 15 is 0 Å². The van der Waals surface area contributed by atoms with Crippen molar-refractivity contribution in [3.63, 3.8) is 0 Å². The summed E-state index contributed by atoms with van der Waals surface area (Å²) in [7, 11) is 0. The van der Waals surface area contributed by atoms with Crippen molar-refractivity contribution in [1.82, 2.24) is 4.98 Å². The van der Waals surface area contributed by atoms with E-state index in [0.717, 1.165) is 24.1 Å². The van der Waals surface area contributed by atoms with E-state index in [2.05, 4.69) is 4.98 Å². The standard InChI is InChI=1S/C22H29NO7S/c24-8-9-30-22(29)19-7-5-14(31-19)2-1-3-15-16(18(26)12-17(15)25)6-4-13-10-20(27)23-21(28)11-13/h5,7,10-11,15-18,24-26H,1-4,6,8-9,12H2,(H2,23,27,28). The van der Waals surface area contributed by atoms with Crippen molar-refractivity contribution in [3.8, 4) is 5.88 Å². The number of rotatable bonds is 10. The van der Waals surface area contributed by atoms with Crippen molar-refractivity contribution in [3.05, 3.63) is 49.9 Å². The number of pyridine rings is 1. The van der Waals surface area contributed by atoms with Crippen LogP contribution in [0.5, 0.6) is 5.88 Å². The third-order valence-electron chi connectivity index (χ3n) is 5.83. The maximum absolute atomic E-state index is 11.8. The average molecular weight is 452 g/mol. The number of carbonyl (C=O) groups excluding carboxylic acids is 1. The Labute approximate surface area is 184 Å². The molecule has 8 nitrogen and oxygen atoms in total. The highest BCUT2D eigenvalue weighted by Crippen LogP contribution is 2.39. The number of aliphatic hydroxyl groups is 3. The molecular weight excluding hydrogens is 422 g/mol. The second-order valence-electron chi connectivity index (χ2n) is 7.99. The fourth-order valence-electron chi connectivity index (χ4n) is 4.39. The van der Waals surface area contributed by atoms with Crippen molar-refractivity contribution in [1.29, 1.82) is 0 Å². The van der Waals surface area contributed by atoms with Gasteiger partial charge in [0.05, 0.1) is 18.8 Å². The molecule has 2 aromatic rings. The van der Waals surface area contributed by atoms with E-state index < -0.39 is 18.2 Å². The lowest BCUT2D eigenvalue weighted by Gasteiger charge is -2.23. The minimum atomic E-state index is -0.592. The predicted molar refractivity (Wildman–Crippen MR) is 115 cm³/mol. The van der Waals surface area contributed by atoms with Gasteiger partial charge in [0, 0.05) is 17.0 Å². The number of nitrogens with one attached hydrogen (secondary N) is 1. The fourth-order valence-corrected chi connectivity index (χ4v) is 5.33. The van der Waals surface area contributed by atoms with Crippen LogP contribution in [-0.2, 0) is 17.6 Å². The Morgan fingerprint density at radius 3 is 2.58 bits per heavy atom. The second-order valence-corrected chi connectivity index (χ2v) is 9.16. The van der Waals surface area contributed by atoms with E-state index in [0.29, 0.717) is 29.7 Å². The van der Waals surface area contributed by atoms with Crippen LogP contribution in [0.1, 0.15) is 45.8 Å². The third kappa shape index (κ3) is 6.39. The van der Waals surface area contributed by atoms with Crippen LogP contribution in [0.25, 0.3) is 0 Å². The molecule has 3 rings (SSSR count). The summed E-state index contributed by atoms with van der Waals surface area (Å²) in [5.74, 6) is -0.740. The number of carbonyl (C=O) groups is 1. The SMILES string of the molecule is O=C(OCCO)c1ccc(CCCC2C(O)CC(O)C2CCc2cc(O)[nH]c(=O)c2)s1. The number of aromatic hydroxyl groups is 1. The normalized spacial score (nSPS) is 23.2. The summed E-state index contributed by atoms with van der Waals surface area (Å²) in [5, 5.41) is 39.2. The van der Waals surface area contributed by atoms with Gasteiger partial charge >= 0.3 is 5.97 Å². The van der Waals surface area contributed by atoms with Gasteiger partial charge in [0.1, 0.15) is 11.5 Å². The molecule has 0 aromatic carbocycles. The summed E-state index contributed by atoms with van der Waals surface area (Å²) in [5.41, 5.74) is 0.335. The number of H-pyrrole nitrogens is 1. The molecule has 4 atom stereocenters. The number of hydrogen-bond acceptors (Lipinski definition) is 8. The van der Waals surface area contributed by atoms with Gasteiger partial charge in [-0.1, -0.05) is 0 Å². The van der Waals surface area contributed by atoms with Gasteiger partial charge in [-0.05, 0) is 68.1 Å². The van der Waals surface area contributed by atoms with Gasteiger partial charge in [-0.15, -0.1) is 11.3 Å². The lowest BCUT2D eigenvalue weighted by Crippen LogP contribution is -2.23. The monoisotopic (exact) mass is 451 g/mol. The predicted octanol–water partition coefficient (Wildman–Crippen LogP) is 1.60. The Morgan fingerprint density at radius 2 is 1.87 bits per heavy atom. The molecule has 170 valence electrons. The summed E-state index contributed by atoms with van der Waals surface area (Å²) in [6.45, 7) is -0.227. The Morgan fingerprint density at radius 1 is 1.13 bits per heavy atom. The molecule has 2 aromatic heterocycles. The molecule has 0 aliphatic heterocycles. The summed E-state index contributed by atoms with van der Waals surface area (Å²) >= 11 is 1.36. The van der Waals surface area contributed by atoms with Gasteiger partial charge in [0.15, 0.2) is 5.88 Å². The molecule has 2 heterocycles. The van der Waals surface area contributed by atoms with Crippen LogP contribution in [0, 0.1) is 11.8 Å². The van der Waals surface area contributed by atoms with E-state index in [1.54, 1.807) is 6.07 Å². The van der Waals surface area contributed by atoms with Gasteiger partial charge < -0.3 is 25.2 Å². The summed E-state index contributed by atoms with van der Waals surface area (Å²) in [6, 6.07) is 6.55. The first-order chi connectivity index (χ1) is 14.9. The zero-order chi connectivity index (χ0) is 22.4. The highest BCUT2D eigenvalue weighted by Gasteiger charge is 2.40. The first kappa shape index (κ1) is 23.5. The molecule has 1 saturated carbocycles. The highest BCUT2D eigenvalue weighted by atomic mass is 32.1. The Hall–Kier alpha value is -2.20. The molecular formula is C22H29NO7S. The fraction of sp³-hybridized carbons (Fsp3) is 0.545. The maximum Gasteiger partial charge on any atom is 0.348 e. The molecule has 4 unspecified atom stereocenters. The number of thiophene rings is 1. The van der Waals surface area contributed by atoms with Crippen LogP contribution >= 0.6 is 11.3 Å². The number of aromatic nitrogens is 1. The van der Waals surface area contributed by atoms with Crippen LogP contribution in [0.2, 0.25) is 0 Å². The third-order valence-corrected chi connectivity index (χ3v) is 6.95. The topological polar surface area (TPSA) is 140 Å². The summed E-state index contributed by atoms with van der Waals surface area (Å²) in [6.07, 6.45) is 2.64. The first-order valence-electron chi connectivity index (χ1n) is 10.5. The molecule has 31 heavy (non-hydrogen) atoms. The smallest absolute Gasteiger partial charge is 0.348 e. The van der Waals surface area contributed by atoms with Crippen LogP contribution in [0.15, 0.2) is 29.1 Å². The van der Waals surface area contributed by atoms with Crippen molar-refractivity contribution in [2.75, 3.05) is 13.2 Å². The molecule has 0 spiro atoms. The van der Waals surface area contributed by atoms with E-state index in [-0.39, 0.29) is 36.5 Å². The first-order valence-corrected chi connectivity index (χ1v) is 11.3. The van der Waals surface area contributed by atoms with E-state index in [9.17, 15) is 24.9 Å². The molecule has 9 heteroatoms. The number of esters is 1. The zero-order valence-corrected chi connectivity index (χ0v) is 18.0. The maximum atomic E-state index is 11.8. The molecule has 0 radical (unpaired) electrons. The minimum absolute atomic E-state index is 0.0215. The van der Waals surface area contributed by atoms with Gasteiger partial charge in [0.2, 0.25) is 0 Å². The van der Waals surface area contributed by atoms with Crippen LogP contribution < -0.4 is 5.56 Å². The summed E-state index contributed by atoms with van der Waals surface area (Å²) in [4.78, 5) is 27.2. The lowest BCUT2D eigenvalue weighted by molar-refractivity contribution is 0.0439.